The first kappa shape index (κ1) is 18.9. The van der Waals surface area contributed by atoms with Crippen LogP contribution in [0.2, 0.25) is 0 Å². The number of rotatable bonds is 6. The van der Waals surface area contributed by atoms with Crippen LogP contribution in [0.25, 0.3) is 0 Å². The SMILES string of the molecule is CONC(=COc1cccc(C(F)(F)F)c1)CN1CCc2cc(N)ccc21. The number of hydrogen-bond acceptors (Lipinski definition) is 5. The van der Waals surface area contributed by atoms with Crippen LogP contribution in [-0.2, 0) is 17.4 Å². The van der Waals surface area contributed by atoms with Gasteiger partial charge in [0.25, 0.3) is 0 Å². The summed E-state index contributed by atoms with van der Waals surface area (Å²) in [6, 6.07) is 10.5. The van der Waals surface area contributed by atoms with Crippen LogP contribution < -0.4 is 20.9 Å². The van der Waals surface area contributed by atoms with Crippen molar-refractivity contribution in [3.05, 3.63) is 65.6 Å². The smallest absolute Gasteiger partial charge is 0.416 e. The highest BCUT2D eigenvalue weighted by molar-refractivity contribution is 5.63. The lowest BCUT2D eigenvalue weighted by molar-refractivity contribution is -0.137. The Hall–Kier alpha value is -2.87. The van der Waals surface area contributed by atoms with Crippen LogP contribution in [0.5, 0.6) is 5.75 Å². The lowest BCUT2D eigenvalue weighted by atomic mass is 10.1. The third kappa shape index (κ3) is 4.65. The van der Waals surface area contributed by atoms with Gasteiger partial charge in [-0.1, -0.05) is 6.07 Å². The molecule has 0 radical (unpaired) electrons. The van der Waals surface area contributed by atoms with Gasteiger partial charge < -0.3 is 15.4 Å². The first-order chi connectivity index (χ1) is 12.9. The maximum atomic E-state index is 12.8. The third-order valence-electron chi connectivity index (χ3n) is 4.19. The van der Waals surface area contributed by atoms with Crippen molar-refractivity contribution in [3.63, 3.8) is 0 Å². The minimum absolute atomic E-state index is 0.0924. The van der Waals surface area contributed by atoms with E-state index in [1.165, 1.54) is 25.5 Å². The molecule has 0 spiro atoms. The van der Waals surface area contributed by atoms with Gasteiger partial charge in [0.05, 0.1) is 24.9 Å². The van der Waals surface area contributed by atoms with Gasteiger partial charge in [-0.2, -0.15) is 13.2 Å². The number of alkyl halides is 3. The zero-order valence-electron chi connectivity index (χ0n) is 14.7. The maximum Gasteiger partial charge on any atom is 0.416 e. The van der Waals surface area contributed by atoms with Crippen molar-refractivity contribution in [2.45, 2.75) is 12.6 Å². The zero-order chi connectivity index (χ0) is 19.4. The number of nitrogens with one attached hydrogen (secondary N) is 1. The maximum absolute atomic E-state index is 12.8. The van der Waals surface area contributed by atoms with Gasteiger partial charge >= 0.3 is 6.18 Å². The first-order valence-corrected chi connectivity index (χ1v) is 8.32. The number of nitrogen functional groups attached to an aromatic ring is 1. The van der Waals surface area contributed by atoms with Crippen molar-refractivity contribution in [2.75, 3.05) is 30.8 Å². The average Bonchev–Trinajstić information content (AvgIpc) is 3.01. The number of hydrogen-bond donors (Lipinski definition) is 2. The molecule has 2 aromatic rings. The van der Waals surface area contributed by atoms with Gasteiger partial charge in [-0.25, -0.2) is 0 Å². The molecule has 27 heavy (non-hydrogen) atoms. The summed E-state index contributed by atoms with van der Waals surface area (Å²) in [4.78, 5) is 7.08. The van der Waals surface area contributed by atoms with E-state index in [2.05, 4.69) is 10.4 Å². The molecule has 0 bridgehead atoms. The minimum Gasteiger partial charge on any atom is -0.463 e. The Labute approximate surface area is 155 Å². The number of ether oxygens (including phenoxy) is 1. The molecule has 0 aliphatic carbocycles. The van der Waals surface area contributed by atoms with Gasteiger partial charge in [-0.05, 0) is 48.4 Å². The highest BCUT2D eigenvalue weighted by Gasteiger charge is 2.30. The van der Waals surface area contributed by atoms with Gasteiger partial charge in [0, 0.05) is 17.9 Å². The summed E-state index contributed by atoms with van der Waals surface area (Å²) in [7, 11) is 1.46. The van der Waals surface area contributed by atoms with E-state index in [0.717, 1.165) is 36.3 Å². The summed E-state index contributed by atoms with van der Waals surface area (Å²) in [6.45, 7) is 1.24. The van der Waals surface area contributed by atoms with Crippen molar-refractivity contribution in [2.24, 2.45) is 0 Å². The highest BCUT2D eigenvalue weighted by atomic mass is 19.4. The van der Waals surface area contributed by atoms with Crippen LogP contribution in [0.3, 0.4) is 0 Å². The number of fused-ring (bicyclic) bond motifs is 1. The average molecular weight is 379 g/mol. The van der Waals surface area contributed by atoms with Crippen molar-refractivity contribution < 1.29 is 22.7 Å². The Balaban J connectivity index is 1.73. The Bertz CT molecular complexity index is 837. The van der Waals surface area contributed by atoms with Gasteiger partial charge in [-0.15, -0.1) is 0 Å². The van der Waals surface area contributed by atoms with E-state index in [0.29, 0.717) is 17.9 Å². The van der Waals surface area contributed by atoms with E-state index in [9.17, 15) is 13.2 Å². The van der Waals surface area contributed by atoms with Crippen LogP contribution in [0.4, 0.5) is 24.5 Å². The normalized spacial score (nSPS) is 14.2. The molecule has 8 heteroatoms. The summed E-state index contributed by atoms with van der Waals surface area (Å²) in [6.07, 6.45) is -2.19. The number of nitrogens with two attached hydrogens (primary N) is 1. The summed E-state index contributed by atoms with van der Waals surface area (Å²) in [5.74, 6) is 0.0924. The second kappa shape index (κ2) is 7.79. The van der Waals surface area contributed by atoms with Gasteiger partial charge in [0.2, 0.25) is 0 Å². The molecule has 1 aliphatic rings. The molecule has 1 aliphatic heterocycles. The molecule has 2 aromatic carbocycles. The molecule has 0 saturated carbocycles. The van der Waals surface area contributed by atoms with Crippen LogP contribution in [0.1, 0.15) is 11.1 Å². The van der Waals surface area contributed by atoms with Gasteiger partial charge in [-0.3, -0.25) is 10.3 Å². The zero-order valence-corrected chi connectivity index (χ0v) is 14.7. The molecule has 3 rings (SSSR count). The van der Waals surface area contributed by atoms with E-state index in [1.54, 1.807) is 0 Å². The fraction of sp³-hybridized carbons (Fsp3) is 0.263. The van der Waals surface area contributed by atoms with Crippen molar-refractivity contribution in [3.8, 4) is 5.75 Å². The number of benzene rings is 2. The van der Waals surface area contributed by atoms with Crippen LogP contribution in [-0.4, -0.2) is 20.2 Å². The topological polar surface area (TPSA) is 59.8 Å². The second-order valence-electron chi connectivity index (χ2n) is 6.15. The molecule has 0 aromatic heterocycles. The Morgan fingerprint density at radius 2 is 2.07 bits per heavy atom. The fourth-order valence-corrected chi connectivity index (χ4v) is 2.97. The molecule has 3 N–H and O–H groups in total. The van der Waals surface area contributed by atoms with E-state index >= 15 is 0 Å². The Morgan fingerprint density at radius 3 is 2.81 bits per heavy atom. The molecule has 144 valence electrons. The predicted molar refractivity (Wildman–Crippen MR) is 97.1 cm³/mol. The standard InChI is InChI=1S/C19H20F3N3O2/c1-26-24-16(11-25-8-7-13-9-15(23)5-6-18(13)25)12-27-17-4-2-3-14(10-17)19(20,21)22/h2-6,9-10,12,24H,7-8,11,23H2,1H3. The lowest BCUT2D eigenvalue weighted by Gasteiger charge is -2.21. The minimum atomic E-state index is -4.42. The monoisotopic (exact) mass is 379 g/mol. The molecule has 0 amide bonds. The van der Waals surface area contributed by atoms with Crippen LogP contribution in [0, 0.1) is 0 Å². The number of hydroxylamine groups is 1. The number of anilines is 2. The Morgan fingerprint density at radius 1 is 1.26 bits per heavy atom. The summed E-state index contributed by atoms with van der Waals surface area (Å²) >= 11 is 0. The van der Waals surface area contributed by atoms with Crippen molar-refractivity contribution >= 4 is 11.4 Å². The van der Waals surface area contributed by atoms with E-state index in [-0.39, 0.29) is 5.75 Å². The molecule has 5 nitrogen and oxygen atoms in total. The van der Waals surface area contributed by atoms with Crippen LogP contribution >= 0.6 is 0 Å². The largest absolute Gasteiger partial charge is 0.463 e. The number of nitrogens with zero attached hydrogens (tertiary/aromatic N) is 1. The molecular formula is C19H20F3N3O2. The fourth-order valence-electron chi connectivity index (χ4n) is 2.97. The molecule has 0 atom stereocenters. The van der Waals surface area contributed by atoms with Gasteiger partial charge in [0.1, 0.15) is 12.0 Å². The summed E-state index contributed by atoms with van der Waals surface area (Å²) in [5.41, 5.74) is 11.3. The van der Waals surface area contributed by atoms with Gasteiger partial charge in [0.15, 0.2) is 0 Å². The molecule has 0 unspecified atom stereocenters. The molecule has 0 saturated heterocycles. The van der Waals surface area contributed by atoms with E-state index in [4.69, 9.17) is 15.3 Å². The predicted octanol–water partition coefficient (Wildman–Crippen LogP) is 3.72. The van der Waals surface area contributed by atoms with Crippen molar-refractivity contribution in [1.82, 2.24) is 5.48 Å². The third-order valence-corrected chi connectivity index (χ3v) is 4.19. The van der Waals surface area contributed by atoms with Crippen LogP contribution in [0.15, 0.2) is 54.4 Å². The molecular weight excluding hydrogens is 359 g/mol. The summed E-state index contributed by atoms with van der Waals surface area (Å²) < 4.78 is 43.8. The first-order valence-electron chi connectivity index (χ1n) is 8.32. The number of halogens is 3. The second-order valence-corrected chi connectivity index (χ2v) is 6.15. The molecule has 1 heterocycles. The molecule has 0 fully saturated rings. The summed E-state index contributed by atoms with van der Waals surface area (Å²) in [5, 5.41) is 0. The van der Waals surface area contributed by atoms with E-state index in [1.807, 2.05) is 18.2 Å². The Kier molecular flexibility index (Phi) is 5.46. The quantitative estimate of drug-likeness (QED) is 0.455. The van der Waals surface area contributed by atoms with Crippen molar-refractivity contribution in [1.29, 1.82) is 0 Å². The lowest BCUT2D eigenvalue weighted by Crippen LogP contribution is -2.29. The highest BCUT2D eigenvalue weighted by Crippen LogP contribution is 2.32. The van der Waals surface area contributed by atoms with E-state index < -0.39 is 11.7 Å².